The van der Waals surface area contributed by atoms with E-state index in [-0.39, 0.29) is 17.9 Å². The zero-order valence-corrected chi connectivity index (χ0v) is 14.6. The van der Waals surface area contributed by atoms with Gasteiger partial charge in [0.05, 0.1) is 29.0 Å². The van der Waals surface area contributed by atoms with E-state index >= 15 is 0 Å². The summed E-state index contributed by atoms with van der Waals surface area (Å²) in [4.78, 5) is 20.9. The zero-order valence-electron chi connectivity index (χ0n) is 14.6. The number of aryl methyl sites for hydroxylation is 2. The Labute approximate surface area is 152 Å². The van der Waals surface area contributed by atoms with Crippen LogP contribution in [0, 0.1) is 26.2 Å². The summed E-state index contributed by atoms with van der Waals surface area (Å²) < 4.78 is 40.9. The van der Waals surface area contributed by atoms with Crippen LogP contribution in [0.1, 0.15) is 16.8 Å². The van der Waals surface area contributed by atoms with E-state index in [0.29, 0.717) is 22.3 Å². The number of hydrogen-bond donors (Lipinski definition) is 1. The molecule has 138 valence electrons. The van der Waals surface area contributed by atoms with Crippen LogP contribution < -0.4 is 11.0 Å². The van der Waals surface area contributed by atoms with Crippen LogP contribution in [-0.4, -0.2) is 21.1 Å². The topological polar surface area (TPSA) is 59.8 Å². The molecule has 8 heteroatoms. The molecule has 0 unspecified atom stereocenters. The minimum atomic E-state index is -4.55. The molecule has 0 aliphatic carbocycles. The van der Waals surface area contributed by atoms with Crippen LogP contribution in [0.4, 0.5) is 19.0 Å². The van der Waals surface area contributed by atoms with Gasteiger partial charge in [-0.3, -0.25) is 9.55 Å². The lowest BCUT2D eigenvalue weighted by Crippen LogP contribution is -2.25. The summed E-state index contributed by atoms with van der Waals surface area (Å²) in [7, 11) is 0. The molecule has 0 atom stereocenters. The van der Waals surface area contributed by atoms with Gasteiger partial charge >= 0.3 is 11.9 Å². The minimum Gasteiger partial charge on any atom is -0.358 e. The standard InChI is InChI=1S/C19H15F3N4O/c1-4-8-24-17-14-6-5-13(19(20,21)22)10-15(14)26(18(27)25-17)16-11(2)7-9-23-12(16)3/h1,5-7,9-10H,8H2,2-3H3,(H,24,25,27). The molecule has 0 fully saturated rings. The Morgan fingerprint density at radius 2 is 2.00 bits per heavy atom. The quantitative estimate of drug-likeness (QED) is 0.716. The van der Waals surface area contributed by atoms with Crippen molar-refractivity contribution in [3.05, 3.63) is 57.8 Å². The first-order valence-corrected chi connectivity index (χ1v) is 7.98. The van der Waals surface area contributed by atoms with Crippen LogP contribution >= 0.6 is 0 Å². The van der Waals surface area contributed by atoms with E-state index < -0.39 is 17.4 Å². The fourth-order valence-electron chi connectivity index (χ4n) is 2.91. The molecule has 0 aliphatic heterocycles. The first kappa shape index (κ1) is 18.5. The maximum atomic E-state index is 13.3. The minimum absolute atomic E-state index is 0.0727. The number of rotatable bonds is 3. The Bertz CT molecular complexity index is 1110. The molecule has 1 aromatic carbocycles. The molecule has 0 saturated heterocycles. The Kier molecular flexibility index (Phi) is 4.62. The highest BCUT2D eigenvalue weighted by Gasteiger charge is 2.31. The van der Waals surface area contributed by atoms with Crippen LogP contribution in [-0.2, 0) is 6.18 Å². The fourth-order valence-corrected chi connectivity index (χ4v) is 2.91. The number of halogens is 3. The molecule has 3 aromatic rings. The number of aromatic nitrogens is 3. The van der Waals surface area contributed by atoms with E-state index in [1.807, 2.05) is 0 Å². The lowest BCUT2D eigenvalue weighted by Gasteiger charge is -2.17. The predicted molar refractivity (Wildman–Crippen MR) is 96.9 cm³/mol. The average molecular weight is 372 g/mol. The second-order valence-corrected chi connectivity index (χ2v) is 5.93. The van der Waals surface area contributed by atoms with E-state index in [1.165, 1.54) is 6.07 Å². The molecule has 2 aromatic heterocycles. The molecule has 27 heavy (non-hydrogen) atoms. The van der Waals surface area contributed by atoms with Gasteiger partial charge in [-0.2, -0.15) is 18.2 Å². The second kappa shape index (κ2) is 6.76. The van der Waals surface area contributed by atoms with Crippen molar-refractivity contribution in [3.8, 4) is 18.0 Å². The van der Waals surface area contributed by atoms with Crippen molar-refractivity contribution in [2.75, 3.05) is 11.9 Å². The van der Waals surface area contributed by atoms with Crippen LogP contribution in [0.2, 0.25) is 0 Å². The third kappa shape index (κ3) is 3.36. The van der Waals surface area contributed by atoms with Gasteiger partial charge in [0.2, 0.25) is 0 Å². The highest BCUT2D eigenvalue weighted by Crippen LogP contribution is 2.33. The highest BCUT2D eigenvalue weighted by molar-refractivity contribution is 5.91. The number of alkyl halides is 3. The molecule has 2 heterocycles. The van der Waals surface area contributed by atoms with Crippen molar-refractivity contribution in [1.29, 1.82) is 0 Å². The molecule has 0 bridgehead atoms. The second-order valence-electron chi connectivity index (χ2n) is 5.93. The highest BCUT2D eigenvalue weighted by atomic mass is 19.4. The number of pyridine rings is 1. The van der Waals surface area contributed by atoms with E-state index in [4.69, 9.17) is 6.42 Å². The van der Waals surface area contributed by atoms with Gasteiger partial charge in [0.25, 0.3) is 0 Å². The van der Waals surface area contributed by atoms with Gasteiger partial charge in [-0.1, -0.05) is 5.92 Å². The molecule has 0 amide bonds. The summed E-state index contributed by atoms with van der Waals surface area (Å²) in [5, 5.41) is 3.13. The van der Waals surface area contributed by atoms with Crippen molar-refractivity contribution in [2.24, 2.45) is 0 Å². The fraction of sp³-hybridized carbons (Fsp3) is 0.211. The first-order valence-electron chi connectivity index (χ1n) is 7.98. The number of terminal acetylenes is 1. The third-order valence-corrected chi connectivity index (χ3v) is 4.11. The van der Waals surface area contributed by atoms with E-state index in [2.05, 4.69) is 21.2 Å². The molecule has 0 aliphatic rings. The summed E-state index contributed by atoms with van der Waals surface area (Å²) in [6.45, 7) is 3.51. The number of fused-ring (bicyclic) bond motifs is 1. The SMILES string of the molecule is C#CCNc1nc(=O)n(-c2c(C)ccnc2C)c2cc(C(F)(F)F)ccc12. The van der Waals surface area contributed by atoms with Crippen molar-refractivity contribution in [3.63, 3.8) is 0 Å². The molecule has 5 nitrogen and oxygen atoms in total. The van der Waals surface area contributed by atoms with Crippen molar-refractivity contribution in [2.45, 2.75) is 20.0 Å². The Balaban J connectivity index is 2.44. The first-order chi connectivity index (χ1) is 12.7. The summed E-state index contributed by atoms with van der Waals surface area (Å²) in [6, 6.07) is 4.84. The van der Waals surface area contributed by atoms with Crippen LogP contribution in [0.15, 0.2) is 35.3 Å². The summed E-state index contributed by atoms with van der Waals surface area (Å²) in [6.07, 6.45) is 2.24. The molecular formula is C19H15F3N4O. The van der Waals surface area contributed by atoms with E-state index in [9.17, 15) is 18.0 Å². The number of benzene rings is 1. The molecule has 0 radical (unpaired) electrons. The largest absolute Gasteiger partial charge is 0.416 e. The molecule has 0 saturated carbocycles. The predicted octanol–water partition coefficient (Wildman–Crippen LogP) is 3.46. The number of anilines is 1. The monoisotopic (exact) mass is 372 g/mol. The molecule has 0 spiro atoms. The van der Waals surface area contributed by atoms with Gasteiger partial charge in [-0.05, 0) is 43.7 Å². The maximum absolute atomic E-state index is 13.3. The lowest BCUT2D eigenvalue weighted by atomic mass is 10.1. The Hall–Kier alpha value is -3.34. The normalized spacial score (nSPS) is 11.4. The van der Waals surface area contributed by atoms with Crippen LogP contribution in [0.5, 0.6) is 0 Å². The number of hydrogen-bond acceptors (Lipinski definition) is 4. The summed E-state index contributed by atoms with van der Waals surface area (Å²) in [5.41, 5.74) is 0.0831. The van der Waals surface area contributed by atoms with E-state index in [0.717, 1.165) is 16.7 Å². The van der Waals surface area contributed by atoms with Gasteiger partial charge in [0.1, 0.15) is 5.82 Å². The van der Waals surface area contributed by atoms with Gasteiger partial charge in [-0.25, -0.2) is 4.79 Å². The van der Waals surface area contributed by atoms with Gasteiger partial charge in [0, 0.05) is 11.6 Å². The van der Waals surface area contributed by atoms with Crippen molar-refractivity contribution < 1.29 is 13.2 Å². The smallest absolute Gasteiger partial charge is 0.358 e. The van der Waals surface area contributed by atoms with Gasteiger partial charge < -0.3 is 5.32 Å². The van der Waals surface area contributed by atoms with Gasteiger partial charge in [0.15, 0.2) is 0 Å². The zero-order chi connectivity index (χ0) is 19.8. The lowest BCUT2D eigenvalue weighted by molar-refractivity contribution is -0.137. The van der Waals surface area contributed by atoms with Crippen LogP contribution in [0.3, 0.4) is 0 Å². The van der Waals surface area contributed by atoms with Crippen LogP contribution in [0.25, 0.3) is 16.6 Å². The Morgan fingerprint density at radius 1 is 1.26 bits per heavy atom. The molecular weight excluding hydrogens is 357 g/mol. The number of nitrogens with zero attached hydrogens (tertiary/aromatic N) is 3. The number of nitrogens with one attached hydrogen (secondary N) is 1. The third-order valence-electron chi connectivity index (χ3n) is 4.11. The average Bonchev–Trinajstić information content (AvgIpc) is 2.60. The molecule has 1 N–H and O–H groups in total. The van der Waals surface area contributed by atoms with E-state index in [1.54, 1.807) is 26.1 Å². The Morgan fingerprint density at radius 3 is 2.63 bits per heavy atom. The van der Waals surface area contributed by atoms with Crippen molar-refractivity contribution >= 4 is 16.7 Å². The summed E-state index contributed by atoms with van der Waals surface area (Å²) in [5.74, 6) is 2.49. The maximum Gasteiger partial charge on any atom is 0.416 e. The van der Waals surface area contributed by atoms with Crippen molar-refractivity contribution in [1.82, 2.24) is 14.5 Å². The van der Waals surface area contributed by atoms with Gasteiger partial charge in [-0.15, -0.1) is 6.42 Å². The summed E-state index contributed by atoms with van der Waals surface area (Å²) >= 11 is 0. The molecule has 3 rings (SSSR count).